The average Bonchev–Trinajstić information content (AvgIpc) is 3.68. The predicted molar refractivity (Wildman–Crippen MR) is 214 cm³/mol. The molecule has 2 nitrogen and oxygen atoms in total. The van der Waals surface area contributed by atoms with Crippen LogP contribution in [0, 0.1) is 0 Å². The molecule has 0 saturated carbocycles. The molecule has 0 atom stereocenters. The second-order valence-corrected chi connectivity index (χ2v) is 14.1. The maximum absolute atomic E-state index is 6.74. The summed E-state index contributed by atoms with van der Waals surface area (Å²) in [7, 11) is 0. The molecule has 0 N–H and O–H groups in total. The number of hydrogen-bond acceptors (Lipinski definition) is 2. The molecule has 1 heterocycles. The van der Waals surface area contributed by atoms with E-state index in [1.165, 1.54) is 38.8 Å². The van der Waals surface area contributed by atoms with Gasteiger partial charge < -0.3 is 9.32 Å². The number of benzene rings is 8. The molecule has 242 valence electrons. The lowest BCUT2D eigenvalue weighted by molar-refractivity contribution is 0.660. The number of fused-ring (bicyclic) bond motifs is 8. The van der Waals surface area contributed by atoms with Crippen LogP contribution < -0.4 is 4.90 Å². The molecule has 1 aromatic heterocycles. The van der Waals surface area contributed by atoms with Crippen LogP contribution in [-0.4, -0.2) is 0 Å². The molecule has 0 saturated heterocycles. The van der Waals surface area contributed by atoms with E-state index in [-0.39, 0.29) is 5.41 Å². The number of rotatable bonds is 5. The van der Waals surface area contributed by atoms with Gasteiger partial charge in [0.15, 0.2) is 0 Å². The Bertz CT molecular complexity index is 2760. The van der Waals surface area contributed by atoms with E-state index in [0.717, 1.165) is 55.5 Å². The van der Waals surface area contributed by atoms with Gasteiger partial charge >= 0.3 is 0 Å². The van der Waals surface area contributed by atoms with Gasteiger partial charge in [-0.1, -0.05) is 147 Å². The molecule has 8 aromatic carbocycles. The highest BCUT2D eigenvalue weighted by atomic mass is 16.3. The van der Waals surface area contributed by atoms with Crippen molar-refractivity contribution in [1.29, 1.82) is 0 Å². The smallest absolute Gasteiger partial charge is 0.143 e. The molecule has 0 unspecified atom stereocenters. The van der Waals surface area contributed by atoms with E-state index >= 15 is 0 Å². The quantitative estimate of drug-likeness (QED) is 0.184. The Morgan fingerprint density at radius 3 is 1.92 bits per heavy atom. The highest BCUT2D eigenvalue weighted by Crippen LogP contribution is 2.52. The van der Waals surface area contributed by atoms with Crippen LogP contribution in [0.25, 0.3) is 66.1 Å². The first-order valence-corrected chi connectivity index (χ1v) is 17.7. The summed E-state index contributed by atoms with van der Waals surface area (Å²) in [5, 5.41) is 4.54. The van der Waals surface area contributed by atoms with Gasteiger partial charge in [-0.3, -0.25) is 0 Å². The van der Waals surface area contributed by atoms with E-state index in [1.807, 2.05) is 0 Å². The predicted octanol–water partition coefficient (Wildman–Crippen LogP) is 13.8. The van der Waals surface area contributed by atoms with Gasteiger partial charge in [-0.2, -0.15) is 0 Å². The minimum atomic E-state index is -0.126. The topological polar surface area (TPSA) is 16.4 Å². The fourth-order valence-electron chi connectivity index (χ4n) is 8.36. The van der Waals surface area contributed by atoms with E-state index in [9.17, 15) is 0 Å². The number of nitrogens with zero attached hydrogens (tertiary/aromatic N) is 1. The SMILES string of the molecule is CC1(C)c2ccccc2-c2ccc(N(c3ccc(-c4ccccc4)cc3)c3ccc4oc5c6ccccc6ccc5c4c3-c3ccccc3)cc21. The van der Waals surface area contributed by atoms with E-state index in [2.05, 4.69) is 195 Å². The van der Waals surface area contributed by atoms with Crippen LogP contribution in [0.1, 0.15) is 25.0 Å². The van der Waals surface area contributed by atoms with Crippen LogP contribution in [0.15, 0.2) is 180 Å². The van der Waals surface area contributed by atoms with Crippen molar-refractivity contribution in [1.82, 2.24) is 0 Å². The van der Waals surface area contributed by atoms with Crippen molar-refractivity contribution in [2.45, 2.75) is 19.3 Å². The molecule has 51 heavy (non-hydrogen) atoms. The van der Waals surface area contributed by atoms with Crippen LogP contribution in [0.3, 0.4) is 0 Å². The van der Waals surface area contributed by atoms with E-state index < -0.39 is 0 Å². The average molecular weight is 654 g/mol. The lowest BCUT2D eigenvalue weighted by Crippen LogP contribution is -2.17. The third-order valence-electron chi connectivity index (χ3n) is 10.9. The molecule has 0 spiro atoms. The molecule has 1 aliphatic rings. The largest absolute Gasteiger partial charge is 0.455 e. The van der Waals surface area contributed by atoms with Gasteiger partial charge in [-0.15, -0.1) is 0 Å². The number of anilines is 3. The molecular formula is C49H35NO. The van der Waals surface area contributed by atoms with Crippen molar-refractivity contribution < 1.29 is 4.42 Å². The highest BCUT2D eigenvalue weighted by Gasteiger charge is 2.36. The maximum atomic E-state index is 6.74. The molecule has 0 bridgehead atoms. The summed E-state index contributed by atoms with van der Waals surface area (Å²) in [6, 6.07) is 63.6. The van der Waals surface area contributed by atoms with Gasteiger partial charge in [0, 0.05) is 38.5 Å². The minimum Gasteiger partial charge on any atom is -0.455 e. The number of furan rings is 1. The highest BCUT2D eigenvalue weighted by molar-refractivity contribution is 6.21. The Labute approximate surface area is 297 Å². The van der Waals surface area contributed by atoms with Crippen molar-refractivity contribution in [3.63, 3.8) is 0 Å². The van der Waals surface area contributed by atoms with Crippen molar-refractivity contribution in [2.24, 2.45) is 0 Å². The van der Waals surface area contributed by atoms with Crippen molar-refractivity contribution in [3.8, 4) is 33.4 Å². The Morgan fingerprint density at radius 1 is 0.471 bits per heavy atom. The number of hydrogen-bond donors (Lipinski definition) is 0. The van der Waals surface area contributed by atoms with Gasteiger partial charge in [-0.25, -0.2) is 0 Å². The standard InChI is InChI=1S/C49H35NO/c1-49(2)42-20-12-11-19-39(42)40-28-26-37(31-43(40)49)50(36-24-21-33(22-25-36)32-13-5-3-6-14-32)44-29-30-45-47(46(44)35-16-7-4-8-17-35)41-27-23-34-15-9-10-18-38(34)48(41)51-45/h3-31H,1-2H3. The normalized spacial score (nSPS) is 13.1. The summed E-state index contributed by atoms with van der Waals surface area (Å²) >= 11 is 0. The first kappa shape index (κ1) is 29.5. The zero-order valence-corrected chi connectivity index (χ0v) is 28.6. The summed E-state index contributed by atoms with van der Waals surface area (Å²) in [4.78, 5) is 2.44. The molecule has 0 amide bonds. The zero-order chi connectivity index (χ0) is 34.1. The zero-order valence-electron chi connectivity index (χ0n) is 28.6. The van der Waals surface area contributed by atoms with Gasteiger partial charge in [0.25, 0.3) is 0 Å². The maximum Gasteiger partial charge on any atom is 0.143 e. The Morgan fingerprint density at radius 2 is 1.12 bits per heavy atom. The summed E-state index contributed by atoms with van der Waals surface area (Å²) in [5.41, 5.74) is 15.0. The molecule has 9 aromatic rings. The summed E-state index contributed by atoms with van der Waals surface area (Å²) in [6.45, 7) is 4.70. The summed E-state index contributed by atoms with van der Waals surface area (Å²) in [6.07, 6.45) is 0. The van der Waals surface area contributed by atoms with Crippen LogP contribution >= 0.6 is 0 Å². The van der Waals surface area contributed by atoms with Crippen LogP contribution in [-0.2, 0) is 5.41 Å². The summed E-state index contributed by atoms with van der Waals surface area (Å²) < 4.78 is 6.74. The van der Waals surface area contributed by atoms with Crippen molar-refractivity contribution in [3.05, 3.63) is 187 Å². The molecule has 2 heteroatoms. The summed E-state index contributed by atoms with van der Waals surface area (Å²) in [5.74, 6) is 0. The molecule has 1 aliphatic carbocycles. The Kier molecular flexibility index (Phi) is 6.56. The second kappa shape index (κ2) is 11.3. The Hall–Kier alpha value is -6.38. The van der Waals surface area contributed by atoms with Crippen LogP contribution in [0.2, 0.25) is 0 Å². The van der Waals surface area contributed by atoms with Crippen molar-refractivity contribution >= 4 is 49.8 Å². The van der Waals surface area contributed by atoms with E-state index in [4.69, 9.17) is 4.42 Å². The Balaban J connectivity index is 1.26. The molecule has 0 aliphatic heterocycles. The van der Waals surface area contributed by atoms with Gasteiger partial charge in [0.05, 0.1) is 5.69 Å². The van der Waals surface area contributed by atoms with Gasteiger partial charge in [0.2, 0.25) is 0 Å². The monoisotopic (exact) mass is 653 g/mol. The lowest BCUT2D eigenvalue weighted by atomic mass is 9.82. The first-order chi connectivity index (χ1) is 25.1. The molecule has 0 radical (unpaired) electrons. The third-order valence-corrected chi connectivity index (χ3v) is 10.9. The molecule has 0 fully saturated rings. The minimum absolute atomic E-state index is 0.126. The second-order valence-electron chi connectivity index (χ2n) is 14.1. The molecule has 10 rings (SSSR count). The lowest BCUT2D eigenvalue weighted by Gasteiger charge is -2.30. The van der Waals surface area contributed by atoms with Gasteiger partial charge in [0.1, 0.15) is 11.2 Å². The van der Waals surface area contributed by atoms with Gasteiger partial charge in [-0.05, 0) is 86.8 Å². The van der Waals surface area contributed by atoms with Crippen LogP contribution in [0.5, 0.6) is 0 Å². The van der Waals surface area contributed by atoms with E-state index in [1.54, 1.807) is 0 Å². The van der Waals surface area contributed by atoms with Crippen molar-refractivity contribution in [2.75, 3.05) is 4.90 Å². The molecular weight excluding hydrogens is 619 g/mol. The fraction of sp³-hybridized carbons (Fsp3) is 0.0612. The van der Waals surface area contributed by atoms with E-state index in [0.29, 0.717) is 0 Å². The van der Waals surface area contributed by atoms with Crippen LogP contribution in [0.4, 0.5) is 17.1 Å². The fourth-order valence-corrected chi connectivity index (χ4v) is 8.36. The third kappa shape index (κ3) is 4.57. The first-order valence-electron chi connectivity index (χ1n) is 17.7.